The SMILES string of the molecule is CN1CCN([C@H](CNC(=O)NCc2cccc3ccccc23)c2ccsc2)CC1. The summed E-state index contributed by atoms with van der Waals surface area (Å²) in [5.41, 5.74) is 2.42. The van der Waals surface area contributed by atoms with Crippen LogP contribution in [0.4, 0.5) is 4.79 Å². The zero-order valence-electron chi connectivity index (χ0n) is 16.8. The molecule has 2 amide bonds. The van der Waals surface area contributed by atoms with E-state index in [0.717, 1.165) is 31.7 Å². The number of piperazine rings is 1. The van der Waals surface area contributed by atoms with E-state index in [2.05, 4.69) is 68.6 Å². The molecule has 1 aromatic heterocycles. The van der Waals surface area contributed by atoms with E-state index < -0.39 is 0 Å². The van der Waals surface area contributed by atoms with Crippen LogP contribution in [0, 0.1) is 0 Å². The summed E-state index contributed by atoms with van der Waals surface area (Å²) < 4.78 is 0. The molecule has 1 aliphatic rings. The lowest BCUT2D eigenvalue weighted by molar-refractivity contribution is 0.111. The number of rotatable bonds is 6. The number of nitrogens with zero attached hydrogens (tertiary/aromatic N) is 2. The molecule has 4 rings (SSSR count). The molecule has 0 saturated carbocycles. The maximum Gasteiger partial charge on any atom is 0.315 e. The predicted molar refractivity (Wildman–Crippen MR) is 120 cm³/mol. The molecule has 3 aromatic rings. The van der Waals surface area contributed by atoms with Gasteiger partial charge < -0.3 is 15.5 Å². The first-order valence-corrected chi connectivity index (χ1v) is 11.1. The molecule has 29 heavy (non-hydrogen) atoms. The Morgan fingerprint density at radius 1 is 1.03 bits per heavy atom. The number of fused-ring (bicyclic) bond motifs is 1. The number of hydrogen-bond acceptors (Lipinski definition) is 4. The van der Waals surface area contributed by atoms with Gasteiger partial charge in [0.15, 0.2) is 0 Å². The highest BCUT2D eigenvalue weighted by Gasteiger charge is 2.24. The van der Waals surface area contributed by atoms with Gasteiger partial charge in [-0.3, -0.25) is 4.90 Å². The minimum Gasteiger partial charge on any atom is -0.336 e. The third-order valence-electron chi connectivity index (χ3n) is 5.68. The molecule has 0 unspecified atom stereocenters. The van der Waals surface area contributed by atoms with Crippen LogP contribution < -0.4 is 10.6 Å². The summed E-state index contributed by atoms with van der Waals surface area (Å²) in [4.78, 5) is 17.3. The number of nitrogens with one attached hydrogen (secondary N) is 2. The second kappa shape index (κ2) is 9.39. The van der Waals surface area contributed by atoms with Gasteiger partial charge in [0.1, 0.15) is 0 Å². The van der Waals surface area contributed by atoms with E-state index in [1.807, 2.05) is 18.2 Å². The summed E-state index contributed by atoms with van der Waals surface area (Å²) in [7, 11) is 2.16. The summed E-state index contributed by atoms with van der Waals surface area (Å²) in [5.74, 6) is 0. The summed E-state index contributed by atoms with van der Waals surface area (Å²) in [6, 6.07) is 16.8. The topological polar surface area (TPSA) is 47.6 Å². The number of carbonyl (C=O) groups excluding carboxylic acids is 1. The molecule has 1 saturated heterocycles. The number of thiophene rings is 1. The Morgan fingerprint density at radius 3 is 2.62 bits per heavy atom. The molecular weight excluding hydrogens is 380 g/mol. The standard InChI is InChI=1S/C23H28N4OS/c1-26-10-12-27(13-11-26)22(20-9-14-29-17-20)16-25-23(28)24-15-19-7-4-6-18-5-2-3-8-21(18)19/h2-9,14,17,22H,10-13,15-16H2,1H3,(H2,24,25,28)/t22-/m1/s1. The maximum atomic E-state index is 12.5. The Balaban J connectivity index is 1.35. The van der Waals surface area contributed by atoms with Crippen molar-refractivity contribution in [2.24, 2.45) is 0 Å². The molecule has 0 bridgehead atoms. The maximum absolute atomic E-state index is 12.5. The molecule has 0 aliphatic carbocycles. The van der Waals surface area contributed by atoms with E-state index in [9.17, 15) is 4.79 Å². The molecular formula is C23H28N4OS. The van der Waals surface area contributed by atoms with Gasteiger partial charge in [-0.15, -0.1) is 0 Å². The Morgan fingerprint density at radius 2 is 1.83 bits per heavy atom. The van der Waals surface area contributed by atoms with Crippen molar-refractivity contribution in [1.82, 2.24) is 20.4 Å². The average Bonchev–Trinajstić information content (AvgIpc) is 3.28. The highest BCUT2D eigenvalue weighted by Crippen LogP contribution is 2.23. The van der Waals surface area contributed by atoms with Crippen LogP contribution >= 0.6 is 11.3 Å². The Kier molecular flexibility index (Phi) is 6.44. The fourth-order valence-corrected chi connectivity index (χ4v) is 4.64. The number of hydrogen-bond donors (Lipinski definition) is 2. The lowest BCUT2D eigenvalue weighted by atomic mass is 10.0. The van der Waals surface area contributed by atoms with E-state index in [0.29, 0.717) is 13.1 Å². The zero-order chi connectivity index (χ0) is 20.1. The van der Waals surface area contributed by atoms with E-state index in [-0.39, 0.29) is 12.1 Å². The molecule has 2 heterocycles. The first-order valence-electron chi connectivity index (χ1n) is 10.1. The first-order chi connectivity index (χ1) is 14.2. The first kappa shape index (κ1) is 19.9. The predicted octanol–water partition coefficient (Wildman–Crippen LogP) is 3.69. The van der Waals surface area contributed by atoms with E-state index >= 15 is 0 Å². The van der Waals surface area contributed by atoms with Crippen molar-refractivity contribution in [2.45, 2.75) is 12.6 Å². The average molecular weight is 409 g/mol. The van der Waals surface area contributed by atoms with Crippen molar-refractivity contribution in [2.75, 3.05) is 39.8 Å². The minimum atomic E-state index is -0.118. The van der Waals surface area contributed by atoms with Crippen LogP contribution in [0.15, 0.2) is 59.3 Å². The van der Waals surface area contributed by atoms with Gasteiger partial charge in [-0.2, -0.15) is 11.3 Å². The van der Waals surface area contributed by atoms with Crippen molar-refractivity contribution >= 4 is 28.1 Å². The van der Waals surface area contributed by atoms with E-state index in [4.69, 9.17) is 0 Å². The van der Waals surface area contributed by atoms with Gasteiger partial charge in [-0.05, 0) is 45.8 Å². The fraction of sp³-hybridized carbons (Fsp3) is 0.348. The van der Waals surface area contributed by atoms with Gasteiger partial charge in [-0.25, -0.2) is 4.79 Å². The monoisotopic (exact) mass is 408 g/mol. The zero-order valence-corrected chi connectivity index (χ0v) is 17.6. The van der Waals surface area contributed by atoms with E-state index in [1.54, 1.807) is 11.3 Å². The van der Waals surface area contributed by atoms with Crippen molar-refractivity contribution < 1.29 is 4.79 Å². The number of carbonyl (C=O) groups is 1. The van der Waals surface area contributed by atoms with Crippen LogP contribution in [0.3, 0.4) is 0 Å². The summed E-state index contributed by atoms with van der Waals surface area (Å²) in [6.07, 6.45) is 0. The quantitative estimate of drug-likeness (QED) is 0.654. The largest absolute Gasteiger partial charge is 0.336 e. The van der Waals surface area contributed by atoms with Gasteiger partial charge in [0, 0.05) is 39.3 Å². The lowest BCUT2D eigenvalue weighted by Crippen LogP contribution is -2.49. The molecule has 1 atom stereocenters. The third-order valence-corrected chi connectivity index (χ3v) is 6.38. The van der Waals surface area contributed by atoms with Gasteiger partial charge >= 0.3 is 6.03 Å². The van der Waals surface area contributed by atoms with Crippen molar-refractivity contribution in [3.8, 4) is 0 Å². The normalized spacial score (nSPS) is 16.6. The Bertz CT molecular complexity index is 930. The van der Waals surface area contributed by atoms with Gasteiger partial charge in [-0.1, -0.05) is 42.5 Å². The summed E-state index contributed by atoms with van der Waals surface area (Å²) in [5, 5.41) is 12.8. The van der Waals surface area contributed by atoms with Crippen LogP contribution in [0.2, 0.25) is 0 Å². The molecule has 152 valence electrons. The van der Waals surface area contributed by atoms with Crippen LogP contribution in [-0.4, -0.2) is 55.6 Å². The highest BCUT2D eigenvalue weighted by atomic mass is 32.1. The second-order valence-corrected chi connectivity index (χ2v) is 8.39. The van der Waals surface area contributed by atoms with Crippen LogP contribution in [0.25, 0.3) is 10.8 Å². The lowest BCUT2D eigenvalue weighted by Gasteiger charge is -2.38. The van der Waals surface area contributed by atoms with Crippen molar-refractivity contribution in [3.63, 3.8) is 0 Å². The molecule has 0 radical (unpaired) electrons. The minimum absolute atomic E-state index is 0.118. The van der Waals surface area contributed by atoms with Crippen LogP contribution in [0.1, 0.15) is 17.2 Å². The van der Waals surface area contributed by atoms with Crippen LogP contribution in [0.5, 0.6) is 0 Å². The van der Waals surface area contributed by atoms with Crippen molar-refractivity contribution in [3.05, 3.63) is 70.4 Å². The second-order valence-electron chi connectivity index (χ2n) is 7.61. The van der Waals surface area contributed by atoms with Crippen LogP contribution in [-0.2, 0) is 6.54 Å². The van der Waals surface area contributed by atoms with E-state index in [1.165, 1.54) is 16.3 Å². The summed E-state index contributed by atoms with van der Waals surface area (Å²) in [6.45, 7) is 5.31. The molecule has 1 aliphatic heterocycles. The van der Waals surface area contributed by atoms with Gasteiger partial charge in [0.25, 0.3) is 0 Å². The molecule has 2 N–H and O–H groups in total. The fourth-order valence-electron chi connectivity index (χ4n) is 3.93. The number of urea groups is 1. The Labute approximate surface area is 176 Å². The Hall–Kier alpha value is -2.41. The van der Waals surface area contributed by atoms with Crippen molar-refractivity contribution in [1.29, 1.82) is 0 Å². The molecule has 0 spiro atoms. The molecule has 5 nitrogen and oxygen atoms in total. The van der Waals surface area contributed by atoms with Gasteiger partial charge in [0.05, 0.1) is 6.04 Å². The van der Waals surface area contributed by atoms with Gasteiger partial charge in [0.2, 0.25) is 0 Å². The molecule has 6 heteroatoms. The molecule has 1 fully saturated rings. The number of likely N-dealkylation sites (N-methyl/N-ethyl adjacent to an activating group) is 1. The summed E-state index contributed by atoms with van der Waals surface area (Å²) >= 11 is 1.71. The number of benzene rings is 2. The number of amides is 2. The third kappa shape index (κ3) is 4.96. The highest BCUT2D eigenvalue weighted by molar-refractivity contribution is 7.07. The molecule has 2 aromatic carbocycles. The smallest absolute Gasteiger partial charge is 0.315 e.